The molecule has 1 aliphatic carbocycles. The SMILES string of the molecule is CC(C)C.CCCCN(CC)C1=NC(c2ccccc2O)=NC2=CCC(C)=CC=C2C1.CNC(=O)OC. The summed E-state index contributed by atoms with van der Waals surface area (Å²) in [5, 5.41) is 12.6. The molecule has 0 bridgehead atoms. The van der Waals surface area contributed by atoms with Crippen LogP contribution in [0.4, 0.5) is 4.79 Å². The van der Waals surface area contributed by atoms with Crippen LogP contribution in [-0.4, -0.2) is 55.0 Å². The van der Waals surface area contributed by atoms with E-state index >= 15 is 0 Å². The summed E-state index contributed by atoms with van der Waals surface area (Å²) in [5.74, 6) is 2.66. The molecule has 1 amide bonds. The molecule has 0 atom stereocenters. The topological polar surface area (TPSA) is 86.5 Å². The maximum atomic E-state index is 10.4. The molecule has 0 radical (unpaired) electrons. The molecule has 7 nitrogen and oxygen atoms in total. The first-order chi connectivity index (χ1) is 17.7. The second-order valence-corrected chi connectivity index (χ2v) is 9.56. The third kappa shape index (κ3) is 11.5. The van der Waals surface area contributed by atoms with Crippen molar-refractivity contribution in [3.05, 3.63) is 64.9 Å². The van der Waals surface area contributed by atoms with Gasteiger partial charge in [-0.3, -0.25) is 0 Å². The monoisotopic (exact) mass is 510 g/mol. The number of aromatic hydroxyl groups is 1. The lowest BCUT2D eigenvalue weighted by molar-refractivity contribution is 0.173. The number of hydrogen-bond donors (Lipinski definition) is 2. The Morgan fingerprint density at radius 1 is 1.16 bits per heavy atom. The third-order valence-electron chi connectivity index (χ3n) is 5.39. The molecule has 0 saturated heterocycles. The van der Waals surface area contributed by atoms with Crippen molar-refractivity contribution in [2.45, 2.75) is 67.2 Å². The fourth-order valence-corrected chi connectivity index (χ4v) is 3.41. The first kappa shape index (κ1) is 31.7. The highest BCUT2D eigenvalue weighted by Gasteiger charge is 2.21. The number of phenolic OH excluding ortho intramolecular Hbond substituents is 1. The van der Waals surface area contributed by atoms with Crippen LogP contribution in [0.3, 0.4) is 0 Å². The average molecular weight is 511 g/mol. The number of fused-ring (bicyclic) bond motifs is 1. The van der Waals surface area contributed by atoms with Crippen molar-refractivity contribution >= 4 is 17.8 Å². The van der Waals surface area contributed by atoms with Crippen molar-refractivity contribution in [1.29, 1.82) is 0 Å². The highest BCUT2D eigenvalue weighted by Crippen LogP contribution is 2.29. The zero-order valence-corrected chi connectivity index (χ0v) is 24.0. The summed E-state index contributed by atoms with van der Waals surface area (Å²) in [6.07, 6.45) is 10.1. The molecule has 7 heteroatoms. The number of aliphatic imine (C=N–C) groups is 2. The van der Waals surface area contributed by atoms with Crippen LogP contribution in [0.5, 0.6) is 5.75 Å². The summed E-state index contributed by atoms with van der Waals surface area (Å²) in [6.45, 7) is 14.9. The number of amides is 1. The van der Waals surface area contributed by atoms with Gasteiger partial charge < -0.3 is 20.1 Å². The van der Waals surface area contributed by atoms with Crippen LogP contribution >= 0.6 is 0 Å². The Kier molecular flexibility index (Phi) is 14.7. The smallest absolute Gasteiger partial charge is 0.406 e. The molecule has 0 fully saturated rings. The number of allylic oxidation sites excluding steroid dienone is 5. The van der Waals surface area contributed by atoms with E-state index in [0.29, 0.717) is 11.4 Å². The number of nitrogens with zero attached hydrogens (tertiary/aromatic N) is 3. The molecular weight excluding hydrogens is 464 g/mol. The number of unbranched alkanes of at least 4 members (excludes halogenated alkanes) is 1. The highest BCUT2D eigenvalue weighted by atomic mass is 16.5. The summed E-state index contributed by atoms with van der Waals surface area (Å²) in [6, 6.07) is 7.31. The Bertz CT molecular complexity index is 1010. The van der Waals surface area contributed by atoms with Gasteiger partial charge in [-0.25, -0.2) is 14.8 Å². The molecule has 0 saturated carbocycles. The van der Waals surface area contributed by atoms with Gasteiger partial charge in [0, 0.05) is 26.6 Å². The van der Waals surface area contributed by atoms with E-state index in [1.54, 1.807) is 6.07 Å². The highest BCUT2D eigenvalue weighted by molar-refractivity contribution is 6.10. The number of amidine groups is 2. The number of nitrogens with one attached hydrogen (secondary N) is 1. The summed E-state index contributed by atoms with van der Waals surface area (Å²) in [4.78, 5) is 22.0. The number of para-hydroxylation sites is 1. The van der Waals surface area contributed by atoms with E-state index in [1.807, 2.05) is 18.2 Å². The Morgan fingerprint density at radius 3 is 2.38 bits per heavy atom. The third-order valence-corrected chi connectivity index (χ3v) is 5.39. The minimum Gasteiger partial charge on any atom is -0.507 e. The summed E-state index contributed by atoms with van der Waals surface area (Å²) in [5.41, 5.74) is 4.15. The molecule has 1 aromatic carbocycles. The Morgan fingerprint density at radius 2 is 1.84 bits per heavy atom. The van der Waals surface area contributed by atoms with Gasteiger partial charge in [-0.2, -0.15) is 0 Å². The van der Waals surface area contributed by atoms with Crippen molar-refractivity contribution in [2.75, 3.05) is 27.2 Å². The zero-order valence-electron chi connectivity index (χ0n) is 24.0. The zero-order chi connectivity index (χ0) is 27.8. The fourth-order valence-electron chi connectivity index (χ4n) is 3.41. The Hall–Kier alpha value is -3.35. The molecule has 0 unspecified atom stereocenters. The van der Waals surface area contributed by atoms with Crippen molar-refractivity contribution in [2.24, 2.45) is 15.9 Å². The van der Waals surface area contributed by atoms with Gasteiger partial charge >= 0.3 is 6.09 Å². The number of methoxy groups -OCH3 is 1. The fraction of sp³-hybridized carbons (Fsp3) is 0.500. The van der Waals surface area contributed by atoms with E-state index in [-0.39, 0.29) is 5.75 Å². The number of rotatable bonds is 5. The van der Waals surface area contributed by atoms with Crippen LogP contribution < -0.4 is 5.32 Å². The predicted octanol–water partition coefficient (Wildman–Crippen LogP) is 6.86. The van der Waals surface area contributed by atoms with Gasteiger partial charge in [-0.15, -0.1) is 0 Å². The van der Waals surface area contributed by atoms with Gasteiger partial charge in [-0.05, 0) is 50.3 Å². The Labute approximate surface area is 223 Å². The number of ether oxygens (including phenoxy) is 1. The number of alkyl carbamates (subject to hydrolysis) is 1. The van der Waals surface area contributed by atoms with Crippen LogP contribution in [0.15, 0.2) is 69.3 Å². The van der Waals surface area contributed by atoms with Gasteiger partial charge in [0.15, 0.2) is 5.84 Å². The minimum absolute atomic E-state index is 0.215. The lowest BCUT2D eigenvalue weighted by atomic mass is 10.1. The van der Waals surface area contributed by atoms with E-state index in [1.165, 1.54) is 25.3 Å². The molecular formula is C30H46N4O3. The van der Waals surface area contributed by atoms with E-state index in [2.05, 4.69) is 74.7 Å². The number of phenols is 1. The minimum atomic E-state index is -0.407. The van der Waals surface area contributed by atoms with Crippen LogP contribution in [0.25, 0.3) is 0 Å². The number of hydrogen-bond acceptors (Lipinski definition) is 6. The van der Waals surface area contributed by atoms with Crippen molar-refractivity contribution in [1.82, 2.24) is 10.2 Å². The van der Waals surface area contributed by atoms with Crippen molar-refractivity contribution in [3.8, 4) is 5.75 Å². The lowest BCUT2D eigenvalue weighted by Gasteiger charge is -2.24. The summed E-state index contributed by atoms with van der Waals surface area (Å²) >= 11 is 0. The lowest BCUT2D eigenvalue weighted by Crippen LogP contribution is -2.32. The molecule has 0 aromatic heterocycles. The van der Waals surface area contributed by atoms with Gasteiger partial charge in [0.2, 0.25) is 0 Å². The number of carbonyl (C=O) groups excluding carboxylic acids is 1. The predicted molar refractivity (Wildman–Crippen MR) is 155 cm³/mol. The van der Waals surface area contributed by atoms with Crippen molar-refractivity contribution in [3.63, 3.8) is 0 Å². The maximum absolute atomic E-state index is 10.4. The van der Waals surface area contributed by atoms with Gasteiger partial charge in [0.1, 0.15) is 11.6 Å². The molecule has 2 N–H and O–H groups in total. The Balaban J connectivity index is 0.000000583. The molecule has 1 aromatic rings. The van der Waals surface area contributed by atoms with Crippen LogP contribution in [0.1, 0.15) is 72.8 Å². The second-order valence-electron chi connectivity index (χ2n) is 9.56. The summed E-state index contributed by atoms with van der Waals surface area (Å²) in [7, 11) is 2.82. The molecule has 2 aliphatic rings. The van der Waals surface area contributed by atoms with Crippen molar-refractivity contribution < 1.29 is 14.6 Å². The molecule has 204 valence electrons. The number of benzene rings is 1. The van der Waals surface area contributed by atoms with E-state index in [9.17, 15) is 9.90 Å². The molecule has 1 aliphatic heterocycles. The summed E-state index contributed by atoms with van der Waals surface area (Å²) < 4.78 is 4.15. The molecule has 3 rings (SSSR count). The first-order valence-electron chi connectivity index (χ1n) is 13.2. The van der Waals surface area contributed by atoms with Gasteiger partial charge in [0.05, 0.1) is 18.4 Å². The van der Waals surface area contributed by atoms with Crippen LogP contribution in [-0.2, 0) is 4.74 Å². The largest absolute Gasteiger partial charge is 0.507 e. The van der Waals surface area contributed by atoms with E-state index in [4.69, 9.17) is 9.98 Å². The average Bonchev–Trinajstić information content (AvgIpc) is 3.16. The van der Waals surface area contributed by atoms with Gasteiger partial charge in [0.25, 0.3) is 0 Å². The maximum Gasteiger partial charge on any atom is 0.406 e. The van der Waals surface area contributed by atoms with Gasteiger partial charge in [-0.1, -0.05) is 70.0 Å². The van der Waals surface area contributed by atoms with Crippen LogP contribution in [0, 0.1) is 5.92 Å². The quantitative estimate of drug-likeness (QED) is 0.453. The number of carbonyl (C=O) groups is 1. The second kappa shape index (κ2) is 17.2. The molecule has 37 heavy (non-hydrogen) atoms. The normalized spacial score (nSPS) is 14.4. The first-order valence-corrected chi connectivity index (χ1v) is 13.2. The van der Waals surface area contributed by atoms with E-state index < -0.39 is 6.09 Å². The van der Waals surface area contributed by atoms with Crippen LogP contribution in [0.2, 0.25) is 0 Å². The molecule has 1 heterocycles. The standard InChI is InChI=1S/C23H29N3O.C4H10.C3H7NO2/c1-4-6-15-26(5-2)22-16-18-13-11-17(3)12-14-20(18)24-23(25-22)19-9-7-8-10-21(19)27;1-4(2)3;1-4-3(5)6-2/h7-11,13-14,27H,4-6,12,15-16H2,1-3H3;4H,1-3H3;1-2H3,(H,4,5). The van der Waals surface area contributed by atoms with E-state index in [0.717, 1.165) is 56.2 Å². The molecule has 0 spiro atoms.